The molecule has 0 unspecified atom stereocenters. The number of carbonyl (C=O) groups excluding carboxylic acids is 1. The lowest BCUT2D eigenvalue weighted by Gasteiger charge is -2.29. The highest BCUT2D eigenvalue weighted by molar-refractivity contribution is 8.00. The second-order valence-electron chi connectivity index (χ2n) is 8.23. The van der Waals surface area contributed by atoms with E-state index < -0.39 is 9.52 Å². The number of H-pyrrole nitrogens is 1. The summed E-state index contributed by atoms with van der Waals surface area (Å²) in [5.41, 5.74) is 1.06. The third-order valence-corrected chi connectivity index (χ3v) is 7.92. The molecule has 5 rings (SSSR count). The SMILES string of the molecule is C=S1(=O)CCN(C(=O)c2c(Cl)cccc2OCc2cc(=O)n3[nH]c(-c4ccccc4)nc3n2)CC1. The first kappa shape index (κ1) is 23.1. The molecule has 1 fully saturated rings. The first-order valence-corrected chi connectivity index (χ1v) is 13.3. The minimum atomic E-state index is -2.14. The fourth-order valence-electron chi connectivity index (χ4n) is 3.84. The van der Waals surface area contributed by atoms with Crippen LogP contribution in [0.2, 0.25) is 5.02 Å². The molecular weight excluding hydrogens is 490 g/mol. The van der Waals surface area contributed by atoms with Gasteiger partial charge < -0.3 is 9.64 Å². The summed E-state index contributed by atoms with van der Waals surface area (Å²) in [6.45, 7) is 0.611. The quantitative estimate of drug-likeness (QED) is 0.412. The molecule has 180 valence electrons. The second-order valence-corrected chi connectivity index (χ2v) is 11.4. The lowest BCUT2D eigenvalue weighted by molar-refractivity contribution is 0.0766. The van der Waals surface area contributed by atoms with Gasteiger partial charge in [0.2, 0.25) is 0 Å². The van der Waals surface area contributed by atoms with Crippen molar-refractivity contribution in [1.29, 1.82) is 0 Å². The van der Waals surface area contributed by atoms with E-state index in [1.807, 2.05) is 30.3 Å². The van der Waals surface area contributed by atoms with Crippen LogP contribution in [0, 0.1) is 0 Å². The molecule has 2 aromatic heterocycles. The van der Waals surface area contributed by atoms with Gasteiger partial charge in [0.15, 0.2) is 5.82 Å². The fraction of sp³-hybridized carbons (Fsp3) is 0.208. The molecule has 9 nitrogen and oxygen atoms in total. The Hall–Kier alpha value is -3.63. The molecule has 11 heteroatoms. The van der Waals surface area contributed by atoms with Gasteiger partial charge in [0.1, 0.15) is 17.9 Å². The highest BCUT2D eigenvalue weighted by atomic mass is 35.5. The lowest BCUT2D eigenvalue weighted by atomic mass is 10.1. The predicted molar refractivity (Wildman–Crippen MR) is 136 cm³/mol. The number of nitrogens with zero attached hydrogens (tertiary/aromatic N) is 4. The van der Waals surface area contributed by atoms with Gasteiger partial charge >= 0.3 is 0 Å². The van der Waals surface area contributed by atoms with Gasteiger partial charge in [-0.15, -0.1) is 0 Å². The number of aromatic nitrogens is 4. The number of benzene rings is 2. The average molecular weight is 512 g/mol. The van der Waals surface area contributed by atoms with Crippen LogP contribution >= 0.6 is 11.6 Å². The zero-order valence-electron chi connectivity index (χ0n) is 18.6. The average Bonchev–Trinajstić information content (AvgIpc) is 3.28. The van der Waals surface area contributed by atoms with Crippen molar-refractivity contribution in [2.45, 2.75) is 6.61 Å². The maximum Gasteiger partial charge on any atom is 0.274 e. The van der Waals surface area contributed by atoms with Crippen LogP contribution in [-0.4, -0.2) is 65.1 Å². The number of halogens is 1. The Morgan fingerprint density at radius 3 is 2.60 bits per heavy atom. The molecule has 1 amide bonds. The van der Waals surface area contributed by atoms with E-state index in [0.29, 0.717) is 36.1 Å². The molecule has 2 aromatic carbocycles. The number of hydrogen-bond acceptors (Lipinski definition) is 6. The monoisotopic (exact) mass is 511 g/mol. The van der Waals surface area contributed by atoms with Crippen LogP contribution in [0.25, 0.3) is 17.2 Å². The third kappa shape index (κ3) is 4.80. The molecule has 1 saturated heterocycles. The lowest BCUT2D eigenvalue weighted by Crippen LogP contribution is -2.43. The van der Waals surface area contributed by atoms with Crippen LogP contribution < -0.4 is 10.3 Å². The summed E-state index contributed by atoms with van der Waals surface area (Å²) >= 11 is 6.37. The van der Waals surface area contributed by atoms with Crippen molar-refractivity contribution in [2.75, 3.05) is 24.6 Å². The van der Waals surface area contributed by atoms with Gasteiger partial charge in [0, 0.05) is 36.2 Å². The minimum Gasteiger partial charge on any atom is -0.486 e. The predicted octanol–water partition coefficient (Wildman–Crippen LogP) is 2.49. The molecule has 0 radical (unpaired) electrons. The molecule has 1 aliphatic rings. The molecule has 1 aliphatic heterocycles. The molecule has 1 N–H and O–H groups in total. The minimum absolute atomic E-state index is 0.0629. The number of carbonyl (C=O) groups is 1. The highest BCUT2D eigenvalue weighted by Gasteiger charge is 2.27. The molecule has 0 atom stereocenters. The number of aromatic amines is 1. The molecule has 0 aliphatic carbocycles. The van der Waals surface area contributed by atoms with Gasteiger partial charge in [0.25, 0.3) is 17.2 Å². The van der Waals surface area contributed by atoms with Crippen LogP contribution in [-0.2, 0) is 16.1 Å². The Kier molecular flexibility index (Phi) is 6.08. The largest absolute Gasteiger partial charge is 0.486 e. The molecule has 3 heterocycles. The van der Waals surface area contributed by atoms with Gasteiger partial charge in [-0.05, 0) is 27.5 Å². The molecule has 4 aromatic rings. The van der Waals surface area contributed by atoms with E-state index in [1.54, 1.807) is 23.1 Å². The summed E-state index contributed by atoms with van der Waals surface area (Å²) < 4.78 is 19.3. The Labute approximate surface area is 206 Å². The van der Waals surface area contributed by atoms with E-state index in [2.05, 4.69) is 20.9 Å². The van der Waals surface area contributed by atoms with E-state index in [1.165, 1.54) is 10.6 Å². The van der Waals surface area contributed by atoms with Crippen molar-refractivity contribution in [1.82, 2.24) is 24.5 Å². The summed E-state index contributed by atoms with van der Waals surface area (Å²) in [6.07, 6.45) is 0. The third-order valence-electron chi connectivity index (χ3n) is 5.75. The van der Waals surface area contributed by atoms with Gasteiger partial charge in [0.05, 0.1) is 10.7 Å². The molecule has 35 heavy (non-hydrogen) atoms. The van der Waals surface area contributed by atoms with Crippen LogP contribution in [0.3, 0.4) is 0 Å². The maximum atomic E-state index is 13.2. The number of rotatable bonds is 5. The number of ether oxygens (including phenoxy) is 1. The first-order valence-electron chi connectivity index (χ1n) is 10.9. The molecule has 0 bridgehead atoms. The van der Waals surface area contributed by atoms with Gasteiger partial charge in [-0.3, -0.25) is 18.9 Å². The zero-order chi connectivity index (χ0) is 24.6. The van der Waals surface area contributed by atoms with Crippen molar-refractivity contribution in [3.8, 4) is 17.1 Å². The van der Waals surface area contributed by atoms with E-state index in [0.717, 1.165) is 5.56 Å². The summed E-state index contributed by atoms with van der Waals surface area (Å²) in [5.74, 6) is 5.14. The Morgan fingerprint density at radius 1 is 1.11 bits per heavy atom. The number of hydrogen-bond donors (Lipinski definition) is 1. The standard InChI is InChI=1S/C24H22ClN5O4S/c1-35(33)12-10-29(11-13-35)23(32)21-18(25)8-5-9-19(21)34-15-17-14-20(31)30-24(26-17)27-22(28-30)16-6-3-2-4-7-16/h2-9,14H,1,10-13,15H2,(H,26,27,28). The van der Waals surface area contributed by atoms with Gasteiger partial charge in [-0.25, -0.2) is 4.98 Å². The van der Waals surface area contributed by atoms with Gasteiger partial charge in [-0.2, -0.15) is 9.50 Å². The summed E-state index contributed by atoms with van der Waals surface area (Å²) in [7, 11) is -2.14. The first-order chi connectivity index (χ1) is 16.8. The van der Waals surface area contributed by atoms with Crippen molar-refractivity contribution in [3.63, 3.8) is 0 Å². The smallest absolute Gasteiger partial charge is 0.274 e. The van der Waals surface area contributed by atoms with Crippen LogP contribution in [0.15, 0.2) is 59.4 Å². The fourth-order valence-corrected chi connectivity index (χ4v) is 5.40. The van der Waals surface area contributed by atoms with Crippen LogP contribution in [0.4, 0.5) is 0 Å². The maximum absolute atomic E-state index is 13.2. The van der Waals surface area contributed by atoms with Crippen LogP contribution in [0.5, 0.6) is 5.75 Å². The summed E-state index contributed by atoms with van der Waals surface area (Å²) in [6, 6.07) is 15.7. The molecule has 0 saturated carbocycles. The van der Waals surface area contributed by atoms with Crippen molar-refractivity contribution in [3.05, 3.63) is 81.2 Å². The topological polar surface area (TPSA) is 110 Å². The van der Waals surface area contributed by atoms with Crippen molar-refractivity contribution >= 4 is 38.7 Å². The van der Waals surface area contributed by atoms with E-state index >= 15 is 0 Å². The number of amides is 1. The Morgan fingerprint density at radius 2 is 1.86 bits per heavy atom. The highest BCUT2D eigenvalue weighted by Crippen LogP contribution is 2.29. The second kappa shape index (κ2) is 9.20. The van der Waals surface area contributed by atoms with E-state index in [4.69, 9.17) is 16.3 Å². The number of nitrogens with one attached hydrogen (secondary N) is 1. The van der Waals surface area contributed by atoms with Gasteiger partial charge in [-0.1, -0.05) is 48.0 Å². The Balaban J connectivity index is 1.39. The zero-order valence-corrected chi connectivity index (χ0v) is 20.2. The van der Waals surface area contributed by atoms with Crippen molar-refractivity contribution in [2.24, 2.45) is 0 Å². The van der Waals surface area contributed by atoms with Crippen molar-refractivity contribution < 1.29 is 13.7 Å². The molecular formula is C24H22ClN5O4S. The van der Waals surface area contributed by atoms with E-state index in [9.17, 15) is 13.8 Å². The normalized spacial score (nSPS) is 15.3. The summed E-state index contributed by atoms with van der Waals surface area (Å²) in [5, 5.41) is 3.20. The van der Waals surface area contributed by atoms with E-state index in [-0.39, 0.29) is 40.2 Å². The van der Waals surface area contributed by atoms with Crippen LogP contribution in [0.1, 0.15) is 16.1 Å². The summed E-state index contributed by atoms with van der Waals surface area (Å²) in [4.78, 5) is 36.3. The molecule has 0 spiro atoms. The Bertz CT molecular complexity index is 1570. The number of fused-ring (bicyclic) bond motifs is 1.